The molecule has 27 heavy (non-hydrogen) atoms. The van der Waals surface area contributed by atoms with Gasteiger partial charge in [-0.15, -0.1) is 0 Å². The molecular formula is C21H33N5O. The second kappa shape index (κ2) is 8.02. The number of nitrogens with zero attached hydrogens (tertiary/aromatic N) is 5. The quantitative estimate of drug-likeness (QED) is 0.801. The number of fused-ring (bicyclic) bond motifs is 1. The Labute approximate surface area is 162 Å². The first kappa shape index (κ1) is 17.8. The first-order chi connectivity index (χ1) is 13.4. The van der Waals surface area contributed by atoms with Crippen LogP contribution in [0.2, 0.25) is 0 Å². The smallest absolute Gasteiger partial charge is 0.135 e. The lowest BCUT2D eigenvalue weighted by Gasteiger charge is -2.43. The molecule has 0 amide bonds. The minimum absolute atomic E-state index is 0.719. The zero-order valence-corrected chi connectivity index (χ0v) is 16.5. The lowest BCUT2D eigenvalue weighted by atomic mass is 9.91. The van der Waals surface area contributed by atoms with E-state index in [9.17, 15) is 0 Å². The maximum atomic E-state index is 5.57. The van der Waals surface area contributed by atoms with Crippen molar-refractivity contribution in [3.05, 3.63) is 17.6 Å². The van der Waals surface area contributed by atoms with Crippen LogP contribution in [0, 0.1) is 5.92 Å². The van der Waals surface area contributed by atoms with Gasteiger partial charge in [0, 0.05) is 70.4 Å². The largest absolute Gasteiger partial charge is 0.381 e. The summed E-state index contributed by atoms with van der Waals surface area (Å²) in [6.07, 6.45) is 9.40. The molecule has 148 valence electrons. The molecule has 0 N–H and O–H groups in total. The number of rotatable bonds is 4. The van der Waals surface area contributed by atoms with Gasteiger partial charge in [-0.25, -0.2) is 9.97 Å². The molecule has 1 aliphatic carbocycles. The number of hydrogen-bond acceptors (Lipinski definition) is 6. The molecule has 3 aliphatic heterocycles. The van der Waals surface area contributed by atoms with Crippen LogP contribution in [0.1, 0.15) is 36.9 Å². The van der Waals surface area contributed by atoms with Crippen LogP contribution in [0.15, 0.2) is 6.33 Å². The highest BCUT2D eigenvalue weighted by molar-refractivity contribution is 5.49. The van der Waals surface area contributed by atoms with Gasteiger partial charge in [0.05, 0.1) is 12.3 Å². The molecule has 1 saturated carbocycles. The number of ether oxygens (including phenoxy) is 1. The molecule has 6 heteroatoms. The summed E-state index contributed by atoms with van der Waals surface area (Å²) in [7, 11) is 0. The average molecular weight is 372 g/mol. The zero-order valence-electron chi connectivity index (χ0n) is 16.5. The molecule has 0 radical (unpaired) electrons. The van der Waals surface area contributed by atoms with Crippen molar-refractivity contribution in [2.75, 3.05) is 63.9 Å². The van der Waals surface area contributed by atoms with Gasteiger partial charge in [-0.1, -0.05) is 6.42 Å². The SMILES string of the molecule is c1nc2c(c(N3CCN(C4CCC4)CC3)n1)CCN(CC1CCOC1)CC2. The second-order valence-corrected chi connectivity index (χ2v) is 8.76. The molecule has 4 heterocycles. The van der Waals surface area contributed by atoms with E-state index in [-0.39, 0.29) is 0 Å². The van der Waals surface area contributed by atoms with Gasteiger partial charge in [0.2, 0.25) is 0 Å². The van der Waals surface area contributed by atoms with E-state index in [2.05, 4.69) is 19.7 Å². The Kier molecular flexibility index (Phi) is 5.29. The van der Waals surface area contributed by atoms with Crippen LogP contribution in [0.5, 0.6) is 0 Å². The minimum atomic E-state index is 0.719. The van der Waals surface area contributed by atoms with Crippen LogP contribution in [-0.2, 0) is 17.6 Å². The van der Waals surface area contributed by atoms with Crippen molar-refractivity contribution in [3.8, 4) is 0 Å². The van der Waals surface area contributed by atoms with Crippen molar-refractivity contribution in [1.82, 2.24) is 19.8 Å². The van der Waals surface area contributed by atoms with E-state index in [0.717, 1.165) is 64.2 Å². The van der Waals surface area contributed by atoms with E-state index in [1.165, 1.54) is 62.4 Å². The molecule has 3 fully saturated rings. The highest BCUT2D eigenvalue weighted by Crippen LogP contribution is 2.29. The zero-order chi connectivity index (χ0) is 18.1. The van der Waals surface area contributed by atoms with E-state index in [0.29, 0.717) is 0 Å². The lowest BCUT2D eigenvalue weighted by Crippen LogP contribution is -2.52. The van der Waals surface area contributed by atoms with Crippen molar-refractivity contribution in [3.63, 3.8) is 0 Å². The van der Waals surface area contributed by atoms with Crippen LogP contribution in [0.3, 0.4) is 0 Å². The maximum Gasteiger partial charge on any atom is 0.135 e. The topological polar surface area (TPSA) is 44.7 Å². The molecule has 1 aromatic heterocycles. The molecule has 1 atom stereocenters. The van der Waals surface area contributed by atoms with E-state index in [4.69, 9.17) is 9.72 Å². The Balaban J connectivity index is 1.24. The maximum absolute atomic E-state index is 5.57. The Bertz CT molecular complexity index is 635. The highest BCUT2D eigenvalue weighted by Gasteiger charge is 2.30. The molecule has 0 spiro atoms. The molecule has 6 nitrogen and oxygen atoms in total. The van der Waals surface area contributed by atoms with Crippen molar-refractivity contribution >= 4 is 5.82 Å². The average Bonchev–Trinajstić information content (AvgIpc) is 3.08. The van der Waals surface area contributed by atoms with Gasteiger partial charge in [-0.05, 0) is 31.6 Å². The van der Waals surface area contributed by atoms with Gasteiger partial charge in [0.1, 0.15) is 12.1 Å². The normalized spacial score (nSPS) is 28.0. The van der Waals surface area contributed by atoms with Gasteiger partial charge in [0.15, 0.2) is 0 Å². The van der Waals surface area contributed by atoms with Crippen molar-refractivity contribution in [2.24, 2.45) is 5.92 Å². The Hall–Kier alpha value is -1.24. The predicted octanol–water partition coefficient (Wildman–Crippen LogP) is 1.59. The molecular weight excluding hydrogens is 338 g/mol. The summed E-state index contributed by atoms with van der Waals surface area (Å²) in [5.74, 6) is 1.94. The Morgan fingerprint density at radius 1 is 0.963 bits per heavy atom. The summed E-state index contributed by atoms with van der Waals surface area (Å²) >= 11 is 0. The van der Waals surface area contributed by atoms with E-state index in [1.807, 2.05) is 0 Å². The Morgan fingerprint density at radius 2 is 1.81 bits per heavy atom. The summed E-state index contributed by atoms with van der Waals surface area (Å²) in [5, 5.41) is 0. The van der Waals surface area contributed by atoms with Crippen LogP contribution in [0.4, 0.5) is 5.82 Å². The van der Waals surface area contributed by atoms with E-state index >= 15 is 0 Å². The molecule has 5 rings (SSSR count). The highest BCUT2D eigenvalue weighted by atomic mass is 16.5. The van der Waals surface area contributed by atoms with Crippen LogP contribution in [-0.4, -0.2) is 84.8 Å². The fourth-order valence-electron chi connectivity index (χ4n) is 5.15. The monoisotopic (exact) mass is 371 g/mol. The summed E-state index contributed by atoms with van der Waals surface area (Å²) in [5.41, 5.74) is 2.70. The molecule has 1 unspecified atom stereocenters. The Morgan fingerprint density at radius 3 is 2.56 bits per heavy atom. The number of anilines is 1. The summed E-state index contributed by atoms with van der Waals surface area (Å²) < 4.78 is 5.57. The van der Waals surface area contributed by atoms with Gasteiger partial charge >= 0.3 is 0 Å². The summed E-state index contributed by atoms with van der Waals surface area (Å²) in [6, 6.07) is 0.864. The number of piperazine rings is 1. The van der Waals surface area contributed by atoms with Crippen molar-refractivity contribution < 1.29 is 4.74 Å². The fraction of sp³-hybridized carbons (Fsp3) is 0.810. The fourth-order valence-corrected chi connectivity index (χ4v) is 5.15. The van der Waals surface area contributed by atoms with Gasteiger partial charge in [-0.3, -0.25) is 4.90 Å². The van der Waals surface area contributed by atoms with Crippen LogP contribution in [0.25, 0.3) is 0 Å². The predicted molar refractivity (Wildman–Crippen MR) is 106 cm³/mol. The molecule has 0 bridgehead atoms. The standard InChI is InChI=1S/C21H33N5O/c1-2-18(3-1)25-9-11-26(12-10-25)21-19-4-7-24(14-17-6-13-27-15-17)8-5-20(19)22-16-23-21/h16-18H,1-15H2. The van der Waals surface area contributed by atoms with Crippen LogP contribution >= 0.6 is 0 Å². The molecule has 4 aliphatic rings. The third-order valence-electron chi connectivity index (χ3n) is 7.10. The number of aromatic nitrogens is 2. The third-order valence-corrected chi connectivity index (χ3v) is 7.10. The van der Waals surface area contributed by atoms with Crippen LogP contribution < -0.4 is 4.90 Å². The van der Waals surface area contributed by atoms with Crippen molar-refractivity contribution in [1.29, 1.82) is 0 Å². The van der Waals surface area contributed by atoms with E-state index < -0.39 is 0 Å². The minimum Gasteiger partial charge on any atom is -0.381 e. The number of hydrogen-bond donors (Lipinski definition) is 0. The molecule has 0 aromatic carbocycles. The molecule has 1 aromatic rings. The first-order valence-electron chi connectivity index (χ1n) is 11.0. The van der Waals surface area contributed by atoms with E-state index in [1.54, 1.807) is 6.33 Å². The third kappa shape index (κ3) is 3.84. The lowest BCUT2D eigenvalue weighted by molar-refractivity contribution is 0.120. The molecule has 2 saturated heterocycles. The summed E-state index contributed by atoms with van der Waals surface area (Å²) in [4.78, 5) is 17.3. The summed E-state index contributed by atoms with van der Waals surface area (Å²) in [6.45, 7) is 9.93. The second-order valence-electron chi connectivity index (χ2n) is 8.76. The van der Waals surface area contributed by atoms with Crippen molar-refractivity contribution in [2.45, 2.75) is 44.6 Å². The first-order valence-corrected chi connectivity index (χ1v) is 11.0. The van der Waals surface area contributed by atoms with Gasteiger partial charge in [0.25, 0.3) is 0 Å². The van der Waals surface area contributed by atoms with Gasteiger partial charge < -0.3 is 14.5 Å². The van der Waals surface area contributed by atoms with Gasteiger partial charge in [-0.2, -0.15) is 0 Å².